The fourth-order valence-electron chi connectivity index (χ4n) is 7.77. The van der Waals surface area contributed by atoms with Gasteiger partial charge in [0.05, 0.1) is 10.9 Å². The van der Waals surface area contributed by atoms with Crippen LogP contribution in [0.25, 0.3) is 10.9 Å². The average Bonchev–Trinajstić information content (AvgIpc) is 2.78. The maximum atomic E-state index is 13.4. The molecule has 0 spiro atoms. The highest BCUT2D eigenvalue weighted by Gasteiger charge is 2.45. The van der Waals surface area contributed by atoms with Crippen molar-refractivity contribution in [2.24, 2.45) is 11.8 Å². The van der Waals surface area contributed by atoms with Crippen molar-refractivity contribution < 1.29 is 9.90 Å². The van der Waals surface area contributed by atoms with Crippen LogP contribution in [0.15, 0.2) is 29.1 Å². The largest absolute Gasteiger partial charge is 0.475 e. The summed E-state index contributed by atoms with van der Waals surface area (Å²) in [6, 6.07) is 8.63. The molecule has 1 aromatic carbocycles. The van der Waals surface area contributed by atoms with Gasteiger partial charge in [-0.25, -0.2) is 9.78 Å². The van der Waals surface area contributed by atoms with Gasteiger partial charge >= 0.3 is 5.97 Å². The van der Waals surface area contributed by atoms with Crippen molar-refractivity contribution in [2.75, 3.05) is 0 Å². The van der Waals surface area contributed by atoms with Crippen LogP contribution in [0.5, 0.6) is 0 Å². The van der Waals surface area contributed by atoms with Gasteiger partial charge in [-0.15, -0.1) is 0 Å². The number of nitrogens with zero attached hydrogens (tertiary/aromatic N) is 3. The Morgan fingerprint density at radius 3 is 2.19 bits per heavy atom. The minimum atomic E-state index is -1.11. The summed E-state index contributed by atoms with van der Waals surface area (Å²) in [5.41, 5.74) is 0.272. The van der Waals surface area contributed by atoms with Gasteiger partial charge in [0.15, 0.2) is 0 Å². The zero-order valence-electron chi connectivity index (χ0n) is 18.7. The van der Waals surface area contributed by atoms with Crippen molar-refractivity contribution in [3.05, 3.63) is 40.4 Å². The minimum absolute atomic E-state index is 0.0830. The second-order valence-electron chi connectivity index (χ2n) is 10.8. The topological polar surface area (TPSA) is 75.4 Å². The summed E-state index contributed by atoms with van der Waals surface area (Å²) in [4.78, 5) is 32.8. The number of benzene rings is 1. The van der Waals surface area contributed by atoms with Gasteiger partial charge in [0.25, 0.3) is 5.56 Å². The molecule has 170 valence electrons. The Morgan fingerprint density at radius 1 is 0.844 bits per heavy atom. The molecular formula is C26H33N3O3. The quantitative estimate of drug-likeness (QED) is 0.761. The lowest BCUT2D eigenvalue weighted by atomic mass is 9.68. The van der Waals surface area contributed by atoms with Gasteiger partial charge in [-0.05, 0) is 68.9 Å². The Bertz CT molecular complexity index is 1070. The minimum Gasteiger partial charge on any atom is -0.475 e. The summed E-state index contributed by atoms with van der Waals surface area (Å²) in [5, 5.41) is 10.4. The maximum Gasteiger partial charge on any atom is 0.372 e. The zero-order chi connectivity index (χ0) is 21.8. The first-order valence-corrected chi connectivity index (χ1v) is 12.6. The number of carboxylic acid groups (broad SMARTS) is 1. The van der Waals surface area contributed by atoms with Crippen molar-refractivity contribution in [3.63, 3.8) is 0 Å². The number of carbonyl (C=O) groups is 1. The average molecular weight is 436 g/mol. The Labute approximate surface area is 188 Å². The highest BCUT2D eigenvalue weighted by atomic mass is 16.4. The molecule has 2 aromatic rings. The number of aromatic nitrogens is 2. The predicted octanol–water partition coefficient (Wildman–Crippen LogP) is 4.62. The van der Waals surface area contributed by atoms with Crippen molar-refractivity contribution in [2.45, 2.75) is 94.8 Å². The number of hydrogen-bond acceptors (Lipinski definition) is 4. The standard InChI is InChI=1S/C26H33N3O3/c30-25-22-9-1-2-10-23(22)27-24(26(31)32)29(25)21-14-18-7-4-8-19(15-21)28(18)20-12-16-5-3-6-17(11-16)13-20/h1-2,9-10,16-21H,3-8,11-15H2,(H,31,32)/t16-,17+,18-,19+,20?,21+. The van der Waals surface area contributed by atoms with E-state index < -0.39 is 5.97 Å². The molecule has 1 unspecified atom stereocenters. The maximum absolute atomic E-state index is 13.4. The van der Waals surface area contributed by atoms with Crippen molar-refractivity contribution in [1.29, 1.82) is 0 Å². The molecule has 3 heterocycles. The first kappa shape index (κ1) is 20.4. The fourth-order valence-corrected chi connectivity index (χ4v) is 7.77. The van der Waals surface area contributed by atoms with E-state index in [0.717, 1.165) is 37.5 Å². The van der Waals surface area contributed by atoms with E-state index in [2.05, 4.69) is 9.88 Å². The lowest BCUT2D eigenvalue weighted by Gasteiger charge is -2.55. The number of piperidine rings is 2. The molecule has 2 saturated heterocycles. The summed E-state index contributed by atoms with van der Waals surface area (Å²) < 4.78 is 1.53. The van der Waals surface area contributed by atoms with E-state index in [1.165, 1.54) is 49.5 Å². The van der Waals surface area contributed by atoms with Crippen molar-refractivity contribution in [3.8, 4) is 0 Å². The van der Waals surface area contributed by atoms with Crippen LogP contribution in [-0.4, -0.2) is 43.7 Å². The first-order chi connectivity index (χ1) is 15.6. The van der Waals surface area contributed by atoms with E-state index in [4.69, 9.17) is 0 Å². The van der Waals surface area contributed by atoms with E-state index >= 15 is 0 Å². The van der Waals surface area contributed by atoms with Gasteiger partial charge in [-0.1, -0.05) is 37.8 Å². The van der Waals surface area contributed by atoms with Crippen LogP contribution in [0.4, 0.5) is 0 Å². The van der Waals surface area contributed by atoms with Crippen LogP contribution in [0.2, 0.25) is 0 Å². The number of fused-ring (bicyclic) bond motifs is 5. The third kappa shape index (κ3) is 3.38. The summed E-state index contributed by atoms with van der Waals surface area (Å²) in [6.07, 6.45) is 13.6. The van der Waals surface area contributed by atoms with Crippen LogP contribution < -0.4 is 5.56 Å². The highest BCUT2D eigenvalue weighted by Crippen LogP contribution is 2.47. The van der Waals surface area contributed by atoms with Gasteiger partial charge in [0.1, 0.15) is 0 Å². The fraction of sp³-hybridized carbons (Fsp3) is 0.654. The SMILES string of the molecule is O=C(O)c1nc2ccccc2c(=O)n1[C@H]1C[C@H]2CCC[C@@H](C1)N2C1C[C@H]2CCC[C@@H](C1)C2. The molecule has 2 saturated carbocycles. The molecule has 0 radical (unpaired) electrons. The normalized spacial score (nSPS) is 35.0. The monoisotopic (exact) mass is 435 g/mol. The molecule has 2 aliphatic heterocycles. The lowest BCUT2D eigenvalue weighted by Crippen LogP contribution is -2.58. The zero-order valence-corrected chi connectivity index (χ0v) is 18.7. The predicted molar refractivity (Wildman–Crippen MR) is 123 cm³/mol. The second-order valence-corrected chi connectivity index (χ2v) is 10.8. The Morgan fingerprint density at radius 2 is 1.50 bits per heavy atom. The number of aromatic carboxylic acids is 1. The molecular weight excluding hydrogens is 402 g/mol. The molecule has 4 bridgehead atoms. The third-order valence-corrected chi connectivity index (χ3v) is 8.89. The lowest BCUT2D eigenvalue weighted by molar-refractivity contribution is -0.0494. The number of rotatable bonds is 3. The van der Waals surface area contributed by atoms with Crippen LogP contribution in [-0.2, 0) is 0 Å². The first-order valence-electron chi connectivity index (χ1n) is 12.6. The molecule has 4 aliphatic rings. The van der Waals surface area contributed by atoms with E-state index in [1.54, 1.807) is 18.2 Å². The van der Waals surface area contributed by atoms with Gasteiger partial charge in [-0.3, -0.25) is 14.3 Å². The van der Waals surface area contributed by atoms with Crippen molar-refractivity contribution in [1.82, 2.24) is 14.5 Å². The third-order valence-electron chi connectivity index (χ3n) is 8.89. The molecule has 6 heteroatoms. The molecule has 0 amide bonds. The molecule has 2 aliphatic carbocycles. The summed E-state index contributed by atoms with van der Waals surface area (Å²) >= 11 is 0. The summed E-state index contributed by atoms with van der Waals surface area (Å²) in [6.45, 7) is 0. The molecule has 6 atom stereocenters. The Kier molecular flexibility index (Phi) is 5.09. The van der Waals surface area contributed by atoms with E-state index in [-0.39, 0.29) is 17.4 Å². The smallest absolute Gasteiger partial charge is 0.372 e. The highest BCUT2D eigenvalue weighted by molar-refractivity contribution is 5.87. The summed E-state index contributed by atoms with van der Waals surface area (Å²) in [7, 11) is 0. The molecule has 32 heavy (non-hydrogen) atoms. The van der Waals surface area contributed by atoms with Crippen molar-refractivity contribution >= 4 is 16.9 Å². The number of carboxylic acids is 1. The van der Waals surface area contributed by atoms with Crippen LogP contribution in [0.1, 0.15) is 87.3 Å². The van der Waals surface area contributed by atoms with Gasteiger partial charge in [-0.2, -0.15) is 0 Å². The van der Waals surface area contributed by atoms with Gasteiger partial charge in [0.2, 0.25) is 5.82 Å². The van der Waals surface area contributed by atoms with Gasteiger partial charge in [0, 0.05) is 24.2 Å². The Hall–Kier alpha value is -2.21. The number of para-hydroxylation sites is 1. The molecule has 1 N–H and O–H groups in total. The van der Waals surface area contributed by atoms with E-state index in [1.807, 2.05) is 6.07 Å². The summed E-state index contributed by atoms with van der Waals surface area (Å²) in [5.74, 6) is 0.590. The molecule has 6 rings (SSSR count). The Balaban J connectivity index is 1.34. The number of hydrogen-bond donors (Lipinski definition) is 1. The second kappa shape index (κ2) is 7.98. The molecule has 1 aromatic heterocycles. The molecule has 6 nitrogen and oxygen atoms in total. The van der Waals surface area contributed by atoms with Crippen LogP contribution >= 0.6 is 0 Å². The van der Waals surface area contributed by atoms with Crippen LogP contribution in [0, 0.1) is 11.8 Å². The van der Waals surface area contributed by atoms with Gasteiger partial charge < -0.3 is 5.11 Å². The van der Waals surface area contributed by atoms with E-state index in [9.17, 15) is 14.7 Å². The molecule has 4 fully saturated rings. The van der Waals surface area contributed by atoms with E-state index in [0.29, 0.717) is 29.0 Å². The van der Waals surface area contributed by atoms with Crippen LogP contribution in [0.3, 0.4) is 0 Å².